The fourth-order valence-electron chi connectivity index (χ4n) is 1.40. The Bertz CT molecular complexity index is 622. The van der Waals surface area contributed by atoms with Gasteiger partial charge in [0, 0.05) is 17.5 Å². The SMILES string of the molecule is CCOC(=O)c1csc(Nc2c(F)cc(F)cc2F)n1. The number of carbonyl (C=O) groups is 1. The van der Waals surface area contributed by atoms with E-state index in [2.05, 4.69) is 10.3 Å². The first-order valence-corrected chi connectivity index (χ1v) is 6.43. The number of nitrogens with one attached hydrogen (secondary N) is 1. The molecule has 20 heavy (non-hydrogen) atoms. The average Bonchev–Trinajstić information content (AvgIpc) is 2.82. The van der Waals surface area contributed by atoms with Gasteiger partial charge in [-0.3, -0.25) is 0 Å². The largest absolute Gasteiger partial charge is 0.461 e. The van der Waals surface area contributed by atoms with Gasteiger partial charge in [0.25, 0.3) is 0 Å². The van der Waals surface area contributed by atoms with Crippen molar-refractivity contribution >= 4 is 28.1 Å². The number of thiazole rings is 1. The van der Waals surface area contributed by atoms with E-state index in [9.17, 15) is 18.0 Å². The van der Waals surface area contributed by atoms with Crippen molar-refractivity contribution in [2.45, 2.75) is 6.92 Å². The zero-order chi connectivity index (χ0) is 14.7. The van der Waals surface area contributed by atoms with Gasteiger partial charge in [0.1, 0.15) is 11.5 Å². The van der Waals surface area contributed by atoms with Crippen LogP contribution < -0.4 is 5.32 Å². The van der Waals surface area contributed by atoms with Gasteiger partial charge in [-0.1, -0.05) is 0 Å². The first-order chi connectivity index (χ1) is 9.51. The van der Waals surface area contributed by atoms with Crippen molar-refractivity contribution in [3.63, 3.8) is 0 Å². The highest BCUT2D eigenvalue weighted by atomic mass is 32.1. The minimum Gasteiger partial charge on any atom is -0.461 e. The van der Waals surface area contributed by atoms with E-state index >= 15 is 0 Å². The summed E-state index contributed by atoms with van der Waals surface area (Å²) < 4.78 is 44.3. The summed E-state index contributed by atoms with van der Waals surface area (Å²) in [5.74, 6) is -3.82. The van der Waals surface area contributed by atoms with Gasteiger partial charge in [-0.05, 0) is 6.92 Å². The molecule has 0 aliphatic heterocycles. The number of ether oxygens (including phenoxy) is 1. The van der Waals surface area contributed by atoms with E-state index in [1.807, 2.05) is 0 Å². The molecule has 1 aromatic heterocycles. The summed E-state index contributed by atoms with van der Waals surface area (Å²) in [7, 11) is 0. The van der Waals surface area contributed by atoms with Crippen LogP contribution in [0.2, 0.25) is 0 Å². The van der Waals surface area contributed by atoms with E-state index in [-0.39, 0.29) is 17.4 Å². The summed E-state index contributed by atoms with van der Waals surface area (Å²) >= 11 is 0.970. The summed E-state index contributed by atoms with van der Waals surface area (Å²) in [5, 5.41) is 3.85. The third-order valence-corrected chi connectivity index (χ3v) is 2.99. The van der Waals surface area contributed by atoms with Crippen LogP contribution in [0.3, 0.4) is 0 Å². The third kappa shape index (κ3) is 3.08. The van der Waals surface area contributed by atoms with E-state index in [1.165, 1.54) is 5.38 Å². The lowest BCUT2D eigenvalue weighted by molar-refractivity contribution is 0.0520. The standard InChI is InChI=1S/C12H9F3N2O2S/c1-2-19-11(18)9-5-20-12(16-9)17-10-7(14)3-6(13)4-8(10)15/h3-5H,2H2,1H3,(H,16,17). The number of hydrogen-bond donors (Lipinski definition) is 1. The van der Waals surface area contributed by atoms with Crippen LogP contribution in [0.4, 0.5) is 24.0 Å². The Balaban J connectivity index is 2.21. The predicted molar refractivity (Wildman–Crippen MR) is 67.7 cm³/mol. The highest BCUT2D eigenvalue weighted by Gasteiger charge is 2.15. The highest BCUT2D eigenvalue weighted by Crippen LogP contribution is 2.26. The Labute approximate surface area is 116 Å². The van der Waals surface area contributed by atoms with Crippen LogP contribution in [0.15, 0.2) is 17.5 Å². The van der Waals surface area contributed by atoms with Crippen molar-refractivity contribution in [1.29, 1.82) is 0 Å². The van der Waals surface area contributed by atoms with E-state index in [0.29, 0.717) is 12.1 Å². The zero-order valence-electron chi connectivity index (χ0n) is 10.2. The minimum atomic E-state index is -1.09. The maximum Gasteiger partial charge on any atom is 0.357 e. The van der Waals surface area contributed by atoms with Crippen molar-refractivity contribution in [2.24, 2.45) is 0 Å². The number of rotatable bonds is 4. The smallest absolute Gasteiger partial charge is 0.357 e. The van der Waals surface area contributed by atoms with E-state index in [0.717, 1.165) is 11.3 Å². The van der Waals surface area contributed by atoms with E-state index in [4.69, 9.17) is 4.74 Å². The van der Waals surface area contributed by atoms with Crippen LogP contribution in [0.25, 0.3) is 0 Å². The second-order valence-corrected chi connectivity index (χ2v) is 4.49. The Kier molecular flexibility index (Phi) is 4.23. The highest BCUT2D eigenvalue weighted by molar-refractivity contribution is 7.14. The molecule has 0 saturated heterocycles. The predicted octanol–water partition coefficient (Wildman–Crippen LogP) is 3.48. The van der Waals surface area contributed by atoms with Gasteiger partial charge >= 0.3 is 5.97 Å². The topological polar surface area (TPSA) is 51.2 Å². The number of nitrogens with zero attached hydrogens (tertiary/aromatic N) is 1. The quantitative estimate of drug-likeness (QED) is 0.879. The van der Waals surface area contributed by atoms with E-state index in [1.54, 1.807) is 6.92 Å². The monoisotopic (exact) mass is 302 g/mol. The number of esters is 1. The molecule has 0 aliphatic rings. The van der Waals surface area contributed by atoms with E-state index < -0.39 is 29.1 Å². The van der Waals surface area contributed by atoms with Gasteiger partial charge in [0.15, 0.2) is 22.5 Å². The first-order valence-electron chi connectivity index (χ1n) is 5.55. The van der Waals surface area contributed by atoms with Gasteiger partial charge in [-0.15, -0.1) is 11.3 Å². The van der Waals surface area contributed by atoms with Gasteiger partial charge in [-0.25, -0.2) is 22.9 Å². The molecule has 106 valence electrons. The number of anilines is 2. The maximum absolute atomic E-state index is 13.4. The molecule has 0 amide bonds. The fraction of sp³-hybridized carbons (Fsp3) is 0.167. The Hall–Kier alpha value is -2.09. The first kappa shape index (κ1) is 14.3. The van der Waals surface area contributed by atoms with Gasteiger partial charge in [0.2, 0.25) is 0 Å². The molecule has 8 heteroatoms. The molecule has 2 aromatic rings. The van der Waals surface area contributed by atoms with Crippen LogP contribution in [0.1, 0.15) is 17.4 Å². The molecule has 0 spiro atoms. The molecule has 1 N–H and O–H groups in total. The van der Waals surface area contributed by atoms with Crippen molar-refractivity contribution in [1.82, 2.24) is 4.98 Å². The number of carbonyl (C=O) groups excluding carboxylic acids is 1. The Morgan fingerprint density at radius 2 is 2.00 bits per heavy atom. The summed E-state index contributed by atoms with van der Waals surface area (Å²) in [4.78, 5) is 15.2. The number of halogens is 3. The second-order valence-electron chi connectivity index (χ2n) is 3.63. The number of aromatic nitrogens is 1. The lowest BCUT2D eigenvalue weighted by Gasteiger charge is -2.05. The molecule has 0 saturated carbocycles. The summed E-state index contributed by atoms with van der Waals surface area (Å²) in [6.45, 7) is 1.84. The lowest BCUT2D eigenvalue weighted by atomic mass is 10.3. The Morgan fingerprint density at radius 1 is 1.35 bits per heavy atom. The van der Waals surface area contributed by atoms with Gasteiger partial charge in [-0.2, -0.15) is 0 Å². The summed E-state index contributed by atoms with van der Waals surface area (Å²) in [6, 6.07) is 1.09. The summed E-state index contributed by atoms with van der Waals surface area (Å²) in [6.07, 6.45) is 0. The Morgan fingerprint density at radius 3 is 2.60 bits per heavy atom. The van der Waals surface area contributed by atoms with Crippen LogP contribution >= 0.6 is 11.3 Å². The average molecular weight is 302 g/mol. The molecule has 4 nitrogen and oxygen atoms in total. The molecule has 0 unspecified atom stereocenters. The molecule has 1 heterocycles. The molecule has 0 bridgehead atoms. The molecular formula is C12H9F3N2O2S. The van der Waals surface area contributed by atoms with Crippen molar-refractivity contribution in [3.8, 4) is 0 Å². The van der Waals surface area contributed by atoms with Crippen molar-refractivity contribution in [3.05, 3.63) is 40.7 Å². The van der Waals surface area contributed by atoms with Gasteiger partial charge < -0.3 is 10.1 Å². The van der Waals surface area contributed by atoms with Crippen molar-refractivity contribution < 1.29 is 22.7 Å². The number of benzene rings is 1. The van der Waals surface area contributed by atoms with Gasteiger partial charge in [0.05, 0.1) is 6.61 Å². The van der Waals surface area contributed by atoms with Crippen molar-refractivity contribution in [2.75, 3.05) is 11.9 Å². The lowest BCUT2D eigenvalue weighted by Crippen LogP contribution is -2.05. The molecule has 0 radical (unpaired) electrons. The third-order valence-electron chi connectivity index (χ3n) is 2.23. The van der Waals surface area contributed by atoms with Crippen LogP contribution in [0.5, 0.6) is 0 Å². The molecular weight excluding hydrogens is 293 g/mol. The van der Waals surface area contributed by atoms with Crippen LogP contribution in [-0.4, -0.2) is 17.6 Å². The molecule has 2 rings (SSSR count). The summed E-state index contributed by atoms with van der Waals surface area (Å²) in [5.41, 5.74) is -0.501. The molecule has 0 aliphatic carbocycles. The number of hydrogen-bond acceptors (Lipinski definition) is 5. The van der Waals surface area contributed by atoms with Crippen LogP contribution in [0, 0.1) is 17.5 Å². The van der Waals surface area contributed by atoms with Crippen LogP contribution in [-0.2, 0) is 4.74 Å². The molecule has 0 fully saturated rings. The second kappa shape index (κ2) is 5.91. The minimum absolute atomic E-state index is 0.0299. The normalized spacial score (nSPS) is 10.4. The fourth-order valence-corrected chi connectivity index (χ4v) is 2.08. The zero-order valence-corrected chi connectivity index (χ0v) is 11.1. The molecule has 1 aromatic carbocycles. The molecule has 0 atom stereocenters. The maximum atomic E-state index is 13.4.